The van der Waals surface area contributed by atoms with Crippen molar-refractivity contribution in [1.82, 2.24) is 0 Å². The minimum Gasteiger partial charge on any atom is -0.493 e. The average molecular weight is 594 g/mol. The van der Waals surface area contributed by atoms with E-state index in [0.29, 0.717) is 13.2 Å². The highest BCUT2D eigenvalue weighted by atomic mass is 32.1. The number of ether oxygens (including phenoxy) is 2. The molecule has 6 heteroatoms. The molecule has 1 amide bonds. The first kappa shape index (κ1) is 33.6. The molecule has 0 aliphatic rings. The molecule has 0 saturated heterocycles. The highest BCUT2D eigenvalue weighted by molar-refractivity contribution is 7.09. The number of hydrogen-bond donors (Lipinski definition) is 0. The van der Waals surface area contributed by atoms with E-state index < -0.39 is 0 Å². The molecule has 0 fully saturated rings. The summed E-state index contributed by atoms with van der Waals surface area (Å²) in [4.78, 5) is 15.9. The number of para-hydroxylation sites is 1. The van der Waals surface area contributed by atoms with Crippen LogP contribution in [-0.2, 0) is 17.8 Å². The molecule has 0 aliphatic heterocycles. The van der Waals surface area contributed by atoms with E-state index in [1.54, 1.807) is 25.4 Å². The van der Waals surface area contributed by atoms with Crippen molar-refractivity contribution < 1.29 is 18.8 Å². The van der Waals surface area contributed by atoms with Gasteiger partial charge < -0.3 is 14.4 Å². The van der Waals surface area contributed by atoms with Crippen LogP contribution in [0, 0.1) is 6.92 Å². The van der Waals surface area contributed by atoms with E-state index in [9.17, 15) is 4.79 Å². The molecule has 42 heavy (non-hydrogen) atoms. The molecule has 0 atom stereocenters. The Balaban J connectivity index is 1.46. The number of thiazole rings is 1. The van der Waals surface area contributed by atoms with Gasteiger partial charge in [0.15, 0.2) is 24.2 Å². The first-order valence-electron chi connectivity index (χ1n) is 16.1. The SMILES string of the molecule is CCCCCCCCCCCCCCOc1cc(CCN(C(C)=O)c2ccccc2C[n+]2csc(C)c2)ccc1OC. The van der Waals surface area contributed by atoms with Gasteiger partial charge in [-0.3, -0.25) is 4.79 Å². The summed E-state index contributed by atoms with van der Waals surface area (Å²) in [6.07, 6.45) is 18.8. The first-order valence-corrected chi connectivity index (χ1v) is 17.0. The monoisotopic (exact) mass is 593 g/mol. The maximum absolute atomic E-state index is 12.8. The van der Waals surface area contributed by atoms with Gasteiger partial charge in [0, 0.05) is 19.0 Å². The van der Waals surface area contributed by atoms with Gasteiger partial charge in [0.1, 0.15) is 0 Å². The Morgan fingerprint density at radius 2 is 1.55 bits per heavy atom. The zero-order valence-electron chi connectivity index (χ0n) is 26.5. The molecular formula is C36H53N2O3S+. The number of nitrogens with zero attached hydrogens (tertiary/aromatic N) is 2. The maximum atomic E-state index is 12.8. The standard InChI is InChI=1S/C36H53N2O3S/c1-5-6-7-8-9-10-11-12-13-14-15-18-25-41-36-26-32(21-22-35(36)40-4)23-24-38(31(3)39)34-20-17-16-19-33(34)28-37-27-30(2)42-29-37/h16-17,19-22,26-27,29H,5-15,18,23-25,28H2,1-4H3/q+1. The van der Waals surface area contributed by atoms with Crippen molar-refractivity contribution >= 4 is 22.9 Å². The molecule has 0 bridgehead atoms. The number of methoxy groups -OCH3 is 1. The molecule has 1 aromatic heterocycles. The summed E-state index contributed by atoms with van der Waals surface area (Å²) in [5, 5.41) is 0. The number of benzene rings is 2. The van der Waals surface area contributed by atoms with E-state index in [1.165, 1.54) is 75.5 Å². The van der Waals surface area contributed by atoms with E-state index >= 15 is 0 Å². The van der Waals surface area contributed by atoms with E-state index in [0.717, 1.165) is 47.7 Å². The Kier molecular flexibility index (Phi) is 15.5. The van der Waals surface area contributed by atoms with Gasteiger partial charge in [-0.15, -0.1) is 0 Å². The molecule has 0 aliphatic carbocycles. The lowest BCUT2D eigenvalue weighted by molar-refractivity contribution is -0.683. The second kappa shape index (κ2) is 19.4. The van der Waals surface area contributed by atoms with Gasteiger partial charge in [0.05, 0.1) is 24.3 Å². The zero-order valence-corrected chi connectivity index (χ0v) is 27.4. The molecular weight excluding hydrogens is 540 g/mol. The third kappa shape index (κ3) is 11.8. The number of rotatable bonds is 21. The fraction of sp³-hybridized carbons (Fsp3) is 0.556. The normalized spacial score (nSPS) is 11.0. The number of aromatic nitrogens is 1. The lowest BCUT2D eigenvalue weighted by Gasteiger charge is -2.23. The molecule has 0 saturated carbocycles. The number of aryl methyl sites for hydroxylation is 1. The van der Waals surface area contributed by atoms with Crippen LogP contribution in [0.1, 0.15) is 107 Å². The van der Waals surface area contributed by atoms with Gasteiger partial charge in [-0.1, -0.05) is 113 Å². The second-order valence-corrected chi connectivity index (χ2v) is 12.5. The molecule has 0 N–H and O–H groups in total. The highest BCUT2D eigenvalue weighted by Gasteiger charge is 2.18. The zero-order chi connectivity index (χ0) is 30.0. The number of hydrogen-bond acceptors (Lipinski definition) is 4. The van der Waals surface area contributed by atoms with Gasteiger partial charge in [-0.05, 0) is 43.5 Å². The molecule has 3 aromatic rings. The van der Waals surface area contributed by atoms with Crippen molar-refractivity contribution in [3.63, 3.8) is 0 Å². The van der Waals surface area contributed by atoms with Crippen LogP contribution in [0.3, 0.4) is 0 Å². The number of amides is 1. The average Bonchev–Trinajstić information content (AvgIpc) is 3.40. The van der Waals surface area contributed by atoms with Gasteiger partial charge >= 0.3 is 0 Å². The number of carbonyl (C=O) groups is 1. The van der Waals surface area contributed by atoms with Gasteiger partial charge in [-0.2, -0.15) is 4.57 Å². The number of carbonyl (C=O) groups excluding carboxylic acids is 1. The summed E-state index contributed by atoms with van der Waals surface area (Å²) in [5.41, 5.74) is 5.36. The summed E-state index contributed by atoms with van der Waals surface area (Å²) >= 11 is 1.73. The van der Waals surface area contributed by atoms with Crippen LogP contribution in [0.25, 0.3) is 0 Å². The fourth-order valence-electron chi connectivity index (χ4n) is 5.44. The smallest absolute Gasteiger partial charge is 0.225 e. The predicted molar refractivity (Wildman–Crippen MR) is 176 cm³/mol. The topological polar surface area (TPSA) is 42.7 Å². The fourth-order valence-corrected chi connectivity index (χ4v) is 6.07. The minimum absolute atomic E-state index is 0.0471. The van der Waals surface area contributed by atoms with Crippen LogP contribution < -0.4 is 18.9 Å². The molecule has 230 valence electrons. The van der Waals surface area contributed by atoms with E-state index in [-0.39, 0.29) is 5.91 Å². The van der Waals surface area contributed by atoms with E-state index in [1.807, 2.05) is 29.2 Å². The third-order valence-corrected chi connectivity index (χ3v) is 8.70. The summed E-state index contributed by atoms with van der Waals surface area (Å²) in [6.45, 7) is 8.08. The van der Waals surface area contributed by atoms with Gasteiger partial charge in [-0.25, -0.2) is 0 Å². The molecule has 5 nitrogen and oxygen atoms in total. The van der Waals surface area contributed by atoms with Crippen molar-refractivity contribution in [3.8, 4) is 11.5 Å². The molecule has 1 heterocycles. The van der Waals surface area contributed by atoms with Crippen LogP contribution in [0.4, 0.5) is 5.69 Å². The van der Waals surface area contributed by atoms with Crippen LogP contribution in [-0.4, -0.2) is 26.2 Å². The summed E-state index contributed by atoms with van der Waals surface area (Å²) in [5.74, 6) is 1.59. The van der Waals surface area contributed by atoms with Crippen LogP contribution >= 0.6 is 11.3 Å². The largest absolute Gasteiger partial charge is 0.493 e. The molecule has 0 spiro atoms. The Labute approximate surface area is 258 Å². The predicted octanol–water partition coefficient (Wildman–Crippen LogP) is 9.08. The number of anilines is 1. The third-order valence-electron chi connectivity index (χ3n) is 7.84. The van der Waals surface area contributed by atoms with Crippen LogP contribution in [0.5, 0.6) is 11.5 Å². The van der Waals surface area contributed by atoms with Gasteiger partial charge in [0.2, 0.25) is 11.4 Å². The Bertz CT molecular complexity index is 1190. The van der Waals surface area contributed by atoms with Gasteiger partial charge in [0.25, 0.3) is 0 Å². The minimum atomic E-state index is 0.0471. The number of unbranched alkanes of at least 4 members (excludes halogenated alkanes) is 11. The molecule has 2 aromatic carbocycles. The highest BCUT2D eigenvalue weighted by Crippen LogP contribution is 2.29. The quantitative estimate of drug-likeness (QED) is 0.0914. The lowest BCUT2D eigenvalue weighted by atomic mass is 10.1. The maximum Gasteiger partial charge on any atom is 0.225 e. The summed E-state index contributed by atoms with van der Waals surface area (Å²) in [6, 6.07) is 14.3. The van der Waals surface area contributed by atoms with Crippen molar-refractivity contribution in [2.75, 3.05) is 25.2 Å². The molecule has 0 radical (unpaired) electrons. The second-order valence-electron chi connectivity index (χ2n) is 11.4. The van der Waals surface area contributed by atoms with Crippen LogP contribution in [0.2, 0.25) is 0 Å². The van der Waals surface area contributed by atoms with E-state index in [4.69, 9.17) is 9.47 Å². The van der Waals surface area contributed by atoms with E-state index in [2.05, 4.69) is 48.3 Å². The molecule has 0 unspecified atom stereocenters. The van der Waals surface area contributed by atoms with Crippen molar-refractivity contribution in [3.05, 3.63) is 70.2 Å². The van der Waals surface area contributed by atoms with Crippen molar-refractivity contribution in [1.29, 1.82) is 0 Å². The van der Waals surface area contributed by atoms with Crippen molar-refractivity contribution in [2.24, 2.45) is 0 Å². The van der Waals surface area contributed by atoms with Crippen LogP contribution in [0.15, 0.2) is 54.2 Å². The Morgan fingerprint density at radius 1 is 0.881 bits per heavy atom. The summed E-state index contributed by atoms with van der Waals surface area (Å²) < 4.78 is 13.9. The Morgan fingerprint density at radius 3 is 2.17 bits per heavy atom. The Hall–Kier alpha value is -2.86. The van der Waals surface area contributed by atoms with Crippen molar-refractivity contribution in [2.45, 2.75) is 111 Å². The lowest BCUT2D eigenvalue weighted by Crippen LogP contribution is -2.35. The first-order chi connectivity index (χ1) is 20.5. The summed E-state index contributed by atoms with van der Waals surface area (Å²) in [7, 11) is 1.69. The molecule has 3 rings (SSSR count).